The molecule has 0 aromatic carbocycles. The molecule has 1 aliphatic rings. The van der Waals surface area contributed by atoms with Crippen LogP contribution < -0.4 is 10.6 Å². The van der Waals surface area contributed by atoms with Gasteiger partial charge in [0.15, 0.2) is 5.82 Å². The van der Waals surface area contributed by atoms with Crippen LogP contribution in [0.4, 0.5) is 5.82 Å². The van der Waals surface area contributed by atoms with Crippen LogP contribution in [-0.2, 0) is 23.2 Å². The number of nitrogens with zero attached hydrogens (tertiary/aromatic N) is 3. The minimum absolute atomic E-state index is 0.204. The fraction of sp³-hybridized carbons (Fsp3) is 0.583. The van der Waals surface area contributed by atoms with Crippen LogP contribution in [0.2, 0.25) is 0 Å². The first-order valence-corrected chi connectivity index (χ1v) is 5.92. The van der Waals surface area contributed by atoms with Crippen molar-refractivity contribution in [3.63, 3.8) is 0 Å². The molecular formula is C12H18N4O2. The fourth-order valence-electron chi connectivity index (χ4n) is 2.27. The molecule has 2 rings (SSSR count). The van der Waals surface area contributed by atoms with Gasteiger partial charge in [-0.05, 0) is 5.41 Å². The van der Waals surface area contributed by atoms with Gasteiger partial charge >= 0.3 is 0 Å². The van der Waals surface area contributed by atoms with Crippen molar-refractivity contribution in [3.05, 3.63) is 11.8 Å². The number of hydrogen-bond donors (Lipinski definition) is 1. The molecule has 6 nitrogen and oxygen atoms in total. The van der Waals surface area contributed by atoms with Gasteiger partial charge in [-0.1, -0.05) is 13.8 Å². The van der Waals surface area contributed by atoms with Gasteiger partial charge in [0.2, 0.25) is 11.8 Å². The van der Waals surface area contributed by atoms with Gasteiger partial charge in [-0.25, -0.2) is 4.90 Å². The number of anilines is 1. The van der Waals surface area contributed by atoms with Crippen LogP contribution in [-0.4, -0.2) is 21.6 Å². The maximum absolute atomic E-state index is 12.1. The van der Waals surface area contributed by atoms with E-state index in [-0.39, 0.29) is 23.8 Å². The van der Waals surface area contributed by atoms with E-state index in [1.807, 2.05) is 13.8 Å². The number of amides is 2. The molecular weight excluding hydrogens is 232 g/mol. The van der Waals surface area contributed by atoms with Gasteiger partial charge in [0.05, 0.1) is 0 Å². The first-order chi connectivity index (χ1) is 8.34. The number of hydrogen-bond acceptors (Lipinski definition) is 4. The highest BCUT2D eigenvalue weighted by atomic mass is 16.2. The first-order valence-electron chi connectivity index (χ1n) is 5.92. The molecule has 18 heavy (non-hydrogen) atoms. The average Bonchev–Trinajstić information content (AvgIpc) is 2.56. The largest absolute Gasteiger partial charge is 0.326 e. The third-order valence-corrected chi connectivity index (χ3v) is 3.07. The van der Waals surface area contributed by atoms with Crippen molar-refractivity contribution < 1.29 is 9.59 Å². The summed E-state index contributed by atoms with van der Waals surface area (Å²) in [6.07, 6.45) is 2.42. The average molecular weight is 250 g/mol. The normalized spacial score (nSPS) is 19.4. The van der Waals surface area contributed by atoms with Crippen LogP contribution in [0, 0.1) is 5.41 Å². The molecule has 1 aromatic heterocycles. The summed E-state index contributed by atoms with van der Waals surface area (Å²) in [5.74, 6) is -0.0280. The summed E-state index contributed by atoms with van der Waals surface area (Å²) < 4.78 is 1.57. The number of imide groups is 1. The predicted octanol–water partition coefficient (Wildman–Crippen LogP) is 0.558. The van der Waals surface area contributed by atoms with Crippen molar-refractivity contribution in [1.82, 2.24) is 9.78 Å². The Morgan fingerprint density at radius 3 is 2.39 bits per heavy atom. The number of aromatic nitrogens is 2. The van der Waals surface area contributed by atoms with Crippen molar-refractivity contribution >= 4 is 17.6 Å². The first kappa shape index (κ1) is 12.8. The molecule has 2 N–H and O–H groups in total. The highest BCUT2D eigenvalue weighted by Gasteiger charge is 2.39. The summed E-state index contributed by atoms with van der Waals surface area (Å²) in [6, 6.07) is 0. The van der Waals surface area contributed by atoms with Gasteiger partial charge in [-0.2, -0.15) is 5.10 Å². The zero-order valence-corrected chi connectivity index (χ0v) is 10.9. The molecule has 1 fully saturated rings. The molecule has 2 heterocycles. The third-order valence-electron chi connectivity index (χ3n) is 3.07. The number of carbonyl (C=O) groups excluding carboxylic acids is 2. The molecule has 98 valence electrons. The van der Waals surface area contributed by atoms with Gasteiger partial charge in [0, 0.05) is 38.2 Å². The van der Waals surface area contributed by atoms with E-state index in [0.29, 0.717) is 24.2 Å². The highest BCUT2D eigenvalue weighted by molar-refractivity contribution is 6.16. The second-order valence-electron chi connectivity index (χ2n) is 5.50. The summed E-state index contributed by atoms with van der Waals surface area (Å²) in [5, 5.41) is 4.17. The van der Waals surface area contributed by atoms with E-state index in [9.17, 15) is 9.59 Å². The Kier molecular flexibility index (Phi) is 2.98. The summed E-state index contributed by atoms with van der Waals surface area (Å²) in [4.78, 5) is 25.4. The van der Waals surface area contributed by atoms with Crippen molar-refractivity contribution in [1.29, 1.82) is 0 Å². The van der Waals surface area contributed by atoms with Crippen molar-refractivity contribution in [2.75, 3.05) is 4.90 Å². The molecule has 0 atom stereocenters. The number of carbonyl (C=O) groups is 2. The Balaban J connectivity index is 2.38. The number of aryl methyl sites for hydroxylation is 1. The second-order valence-corrected chi connectivity index (χ2v) is 5.50. The maximum Gasteiger partial charge on any atom is 0.235 e. The van der Waals surface area contributed by atoms with E-state index in [1.54, 1.807) is 17.9 Å². The lowest BCUT2D eigenvalue weighted by atomic mass is 9.81. The van der Waals surface area contributed by atoms with Gasteiger partial charge < -0.3 is 5.73 Å². The molecule has 1 aromatic rings. The standard InChI is InChI=1S/C12H18N4O2/c1-12(2)4-9(17)16(10(18)5-12)11-8(6-13)7-15(3)14-11/h7H,4-6,13H2,1-3H3. The maximum atomic E-state index is 12.1. The zero-order chi connectivity index (χ0) is 13.5. The van der Waals surface area contributed by atoms with Crippen molar-refractivity contribution in [3.8, 4) is 0 Å². The summed E-state index contributed by atoms with van der Waals surface area (Å²) >= 11 is 0. The zero-order valence-electron chi connectivity index (χ0n) is 10.9. The predicted molar refractivity (Wildman–Crippen MR) is 66.6 cm³/mol. The molecule has 0 aliphatic carbocycles. The van der Waals surface area contributed by atoms with E-state index in [2.05, 4.69) is 5.10 Å². The lowest BCUT2D eigenvalue weighted by molar-refractivity contribution is -0.132. The molecule has 1 saturated heterocycles. The minimum Gasteiger partial charge on any atom is -0.326 e. The SMILES string of the molecule is Cn1cc(CN)c(N2C(=O)CC(C)(C)CC2=O)n1. The summed E-state index contributed by atoms with van der Waals surface area (Å²) in [5.41, 5.74) is 6.04. The van der Waals surface area contributed by atoms with Crippen LogP contribution in [0.5, 0.6) is 0 Å². The van der Waals surface area contributed by atoms with E-state index in [0.717, 1.165) is 0 Å². The van der Waals surface area contributed by atoms with Gasteiger partial charge in [0.1, 0.15) is 0 Å². The molecule has 6 heteroatoms. The van der Waals surface area contributed by atoms with Crippen molar-refractivity contribution in [2.24, 2.45) is 18.2 Å². The van der Waals surface area contributed by atoms with E-state index < -0.39 is 0 Å². The van der Waals surface area contributed by atoms with Crippen LogP contribution in [0.25, 0.3) is 0 Å². The quantitative estimate of drug-likeness (QED) is 0.777. The van der Waals surface area contributed by atoms with E-state index >= 15 is 0 Å². The Hall–Kier alpha value is -1.69. The van der Waals surface area contributed by atoms with Gasteiger partial charge in [-0.3, -0.25) is 14.3 Å². The fourth-order valence-corrected chi connectivity index (χ4v) is 2.27. The molecule has 0 saturated carbocycles. The topological polar surface area (TPSA) is 81.2 Å². The minimum atomic E-state index is -0.275. The monoisotopic (exact) mass is 250 g/mol. The van der Waals surface area contributed by atoms with Crippen LogP contribution in [0.3, 0.4) is 0 Å². The van der Waals surface area contributed by atoms with Crippen LogP contribution in [0.15, 0.2) is 6.20 Å². The molecule has 2 amide bonds. The van der Waals surface area contributed by atoms with E-state index in [4.69, 9.17) is 5.73 Å². The highest BCUT2D eigenvalue weighted by Crippen LogP contribution is 2.34. The van der Waals surface area contributed by atoms with Crippen LogP contribution >= 0.6 is 0 Å². The smallest absolute Gasteiger partial charge is 0.235 e. The van der Waals surface area contributed by atoms with Gasteiger partial charge in [-0.15, -0.1) is 0 Å². The molecule has 0 radical (unpaired) electrons. The van der Waals surface area contributed by atoms with Crippen molar-refractivity contribution in [2.45, 2.75) is 33.2 Å². The Labute approximate surface area is 106 Å². The number of rotatable bonds is 2. The molecule has 0 unspecified atom stereocenters. The number of piperidine rings is 1. The Morgan fingerprint density at radius 1 is 1.33 bits per heavy atom. The Bertz CT molecular complexity index is 484. The van der Waals surface area contributed by atoms with E-state index in [1.165, 1.54) is 4.90 Å². The third kappa shape index (κ3) is 2.15. The summed E-state index contributed by atoms with van der Waals surface area (Å²) in [7, 11) is 1.74. The molecule has 1 aliphatic heterocycles. The summed E-state index contributed by atoms with van der Waals surface area (Å²) in [6.45, 7) is 4.09. The molecule has 0 bridgehead atoms. The lowest BCUT2D eigenvalue weighted by Crippen LogP contribution is -2.47. The second kappa shape index (κ2) is 4.20. The molecule has 0 spiro atoms. The Morgan fingerprint density at radius 2 is 1.89 bits per heavy atom. The van der Waals surface area contributed by atoms with Crippen LogP contribution in [0.1, 0.15) is 32.3 Å². The lowest BCUT2D eigenvalue weighted by Gasteiger charge is -2.33. The van der Waals surface area contributed by atoms with Gasteiger partial charge in [0.25, 0.3) is 0 Å². The number of nitrogens with two attached hydrogens (primary N) is 1.